The van der Waals surface area contributed by atoms with Crippen molar-refractivity contribution in [3.05, 3.63) is 33.8 Å². The largest absolute Gasteiger partial charge is 0.370 e. The number of halogens is 2. The summed E-state index contributed by atoms with van der Waals surface area (Å²) < 4.78 is 0. The summed E-state index contributed by atoms with van der Waals surface area (Å²) in [6, 6.07) is 4.47. The second kappa shape index (κ2) is 4.30. The van der Waals surface area contributed by atoms with E-state index in [1.807, 2.05) is 0 Å². The van der Waals surface area contributed by atoms with Crippen molar-refractivity contribution in [2.75, 3.05) is 0 Å². The number of amides is 1. The van der Waals surface area contributed by atoms with Gasteiger partial charge >= 0.3 is 0 Å². The molecule has 4 N–H and O–H groups in total. The summed E-state index contributed by atoms with van der Waals surface area (Å²) >= 11 is 11.4. The summed E-state index contributed by atoms with van der Waals surface area (Å²) in [7, 11) is 0. The molecule has 14 heavy (non-hydrogen) atoms. The van der Waals surface area contributed by atoms with Crippen LogP contribution in [0.4, 0.5) is 0 Å². The monoisotopic (exact) mass is 231 g/mol. The number of carbonyl (C=O) groups is 1. The molecule has 0 unspecified atom stereocenters. The van der Waals surface area contributed by atoms with E-state index in [9.17, 15) is 4.79 Å². The van der Waals surface area contributed by atoms with Crippen molar-refractivity contribution in [1.29, 1.82) is 0 Å². The highest BCUT2D eigenvalue weighted by Gasteiger charge is 2.09. The zero-order valence-corrected chi connectivity index (χ0v) is 8.51. The van der Waals surface area contributed by atoms with Gasteiger partial charge in [-0.05, 0) is 18.2 Å². The first kappa shape index (κ1) is 10.8. The fourth-order valence-corrected chi connectivity index (χ4v) is 1.21. The molecule has 1 amide bonds. The molecule has 0 aliphatic carbocycles. The van der Waals surface area contributed by atoms with E-state index >= 15 is 0 Å². The molecule has 0 aromatic heterocycles. The Morgan fingerprint density at radius 2 is 1.93 bits per heavy atom. The van der Waals surface area contributed by atoms with Crippen molar-refractivity contribution in [2.24, 2.45) is 16.5 Å². The Hall–Kier alpha value is -1.26. The Bertz CT molecular complexity index is 400. The van der Waals surface area contributed by atoms with Gasteiger partial charge in [0, 0.05) is 5.02 Å². The summed E-state index contributed by atoms with van der Waals surface area (Å²) in [5.41, 5.74) is 10.3. The van der Waals surface area contributed by atoms with E-state index in [-0.39, 0.29) is 16.5 Å². The van der Waals surface area contributed by atoms with Crippen molar-refractivity contribution >= 4 is 35.1 Å². The van der Waals surface area contributed by atoms with Gasteiger partial charge in [0.1, 0.15) is 0 Å². The van der Waals surface area contributed by atoms with Crippen molar-refractivity contribution < 1.29 is 4.79 Å². The molecule has 0 heterocycles. The third-order valence-electron chi connectivity index (χ3n) is 1.39. The molecule has 0 saturated heterocycles. The molecule has 4 nitrogen and oxygen atoms in total. The number of nitrogens with zero attached hydrogens (tertiary/aromatic N) is 1. The normalized spacial score (nSPS) is 9.57. The average molecular weight is 232 g/mol. The first-order valence-electron chi connectivity index (χ1n) is 3.59. The van der Waals surface area contributed by atoms with E-state index in [1.54, 1.807) is 6.07 Å². The molecule has 0 bridgehead atoms. The summed E-state index contributed by atoms with van der Waals surface area (Å²) in [5.74, 6) is -0.927. The van der Waals surface area contributed by atoms with Gasteiger partial charge < -0.3 is 11.5 Å². The standard InChI is InChI=1S/C8H7Cl2N3O/c9-4-1-2-6(10)5(3-4)7(14)13-8(11)12/h1-3H,(H4,11,12,13,14). The van der Waals surface area contributed by atoms with E-state index in [4.69, 9.17) is 34.7 Å². The zero-order valence-electron chi connectivity index (χ0n) is 7.00. The predicted octanol–water partition coefficient (Wildman–Crippen LogP) is 1.41. The van der Waals surface area contributed by atoms with Crippen LogP contribution in [0.2, 0.25) is 10.0 Å². The minimum Gasteiger partial charge on any atom is -0.370 e. The topological polar surface area (TPSA) is 81.5 Å². The molecule has 0 fully saturated rings. The summed E-state index contributed by atoms with van der Waals surface area (Å²) in [4.78, 5) is 14.7. The Balaban J connectivity index is 3.12. The number of benzene rings is 1. The molecular weight excluding hydrogens is 225 g/mol. The highest BCUT2D eigenvalue weighted by atomic mass is 35.5. The Morgan fingerprint density at radius 1 is 1.29 bits per heavy atom. The van der Waals surface area contributed by atoms with Crippen LogP contribution in [-0.4, -0.2) is 11.9 Å². The number of guanidine groups is 1. The van der Waals surface area contributed by atoms with E-state index in [0.717, 1.165) is 0 Å². The Morgan fingerprint density at radius 3 is 2.50 bits per heavy atom. The van der Waals surface area contributed by atoms with Crippen LogP contribution in [0.5, 0.6) is 0 Å². The number of carbonyl (C=O) groups excluding carboxylic acids is 1. The first-order valence-corrected chi connectivity index (χ1v) is 4.35. The lowest BCUT2D eigenvalue weighted by molar-refractivity contribution is 0.100. The molecule has 6 heteroatoms. The van der Waals surface area contributed by atoms with Gasteiger partial charge in [-0.1, -0.05) is 23.2 Å². The number of hydrogen-bond acceptors (Lipinski definition) is 1. The van der Waals surface area contributed by atoms with Crippen LogP contribution in [0.25, 0.3) is 0 Å². The van der Waals surface area contributed by atoms with E-state index < -0.39 is 5.91 Å². The van der Waals surface area contributed by atoms with Crippen LogP contribution in [0.15, 0.2) is 23.2 Å². The zero-order chi connectivity index (χ0) is 10.7. The smallest absolute Gasteiger partial charge is 0.281 e. The third-order valence-corrected chi connectivity index (χ3v) is 1.95. The summed E-state index contributed by atoms with van der Waals surface area (Å²) in [6.07, 6.45) is 0. The van der Waals surface area contributed by atoms with Crippen LogP contribution >= 0.6 is 23.2 Å². The number of hydrogen-bond donors (Lipinski definition) is 2. The maximum Gasteiger partial charge on any atom is 0.281 e. The van der Waals surface area contributed by atoms with Crippen molar-refractivity contribution in [1.82, 2.24) is 0 Å². The highest BCUT2D eigenvalue weighted by molar-refractivity contribution is 6.36. The summed E-state index contributed by atoms with van der Waals surface area (Å²) in [6.45, 7) is 0. The van der Waals surface area contributed by atoms with Gasteiger partial charge in [-0.15, -0.1) is 0 Å². The minimum atomic E-state index is -0.613. The second-order valence-corrected chi connectivity index (χ2v) is 3.31. The lowest BCUT2D eigenvalue weighted by Gasteiger charge is -1.99. The first-order chi connectivity index (χ1) is 6.50. The van der Waals surface area contributed by atoms with Crippen LogP contribution in [0.3, 0.4) is 0 Å². The Kier molecular flexibility index (Phi) is 3.33. The van der Waals surface area contributed by atoms with Gasteiger partial charge in [-0.2, -0.15) is 4.99 Å². The lowest BCUT2D eigenvalue weighted by Crippen LogP contribution is -2.24. The Labute approximate surface area is 90.5 Å². The molecule has 0 aliphatic rings. The average Bonchev–Trinajstić information content (AvgIpc) is 2.08. The van der Waals surface area contributed by atoms with Gasteiger partial charge in [-0.25, -0.2) is 0 Å². The molecule has 74 valence electrons. The number of aliphatic imine (C=N–C) groups is 1. The van der Waals surface area contributed by atoms with Crippen molar-refractivity contribution in [2.45, 2.75) is 0 Å². The molecular formula is C8H7Cl2N3O. The lowest BCUT2D eigenvalue weighted by atomic mass is 10.2. The SMILES string of the molecule is NC(N)=NC(=O)c1cc(Cl)ccc1Cl. The molecule has 1 aromatic rings. The maximum absolute atomic E-state index is 11.3. The molecule has 0 radical (unpaired) electrons. The van der Waals surface area contributed by atoms with Gasteiger partial charge in [0.05, 0.1) is 10.6 Å². The fourth-order valence-electron chi connectivity index (χ4n) is 0.839. The van der Waals surface area contributed by atoms with Gasteiger partial charge in [0.15, 0.2) is 5.96 Å². The fraction of sp³-hybridized carbons (Fsp3) is 0. The molecule has 0 aliphatic heterocycles. The minimum absolute atomic E-state index is 0.174. The molecule has 1 rings (SSSR count). The molecule has 1 aromatic carbocycles. The van der Waals surface area contributed by atoms with E-state index in [1.165, 1.54) is 12.1 Å². The predicted molar refractivity (Wildman–Crippen MR) is 56.6 cm³/mol. The quantitative estimate of drug-likeness (QED) is 0.567. The van der Waals surface area contributed by atoms with E-state index in [2.05, 4.69) is 4.99 Å². The van der Waals surface area contributed by atoms with Crippen LogP contribution in [0.1, 0.15) is 10.4 Å². The maximum atomic E-state index is 11.3. The van der Waals surface area contributed by atoms with Crippen LogP contribution in [-0.2, 0) is 0 Å². The second-order valence-electron chi connectivity index (χ2n) is 2.47. The van der Waals surface area contributed by atoms with Gasteiger partial charge in [0.2, 0.25) is 0 Å². The van der Waals surface area contributed by atoms with Crippen molar-refractivity contribution in [3.63, 3.8) is 0 Å². The summed E-state index contributed by atoms with van der Waals surface area (Å²) in [5, 5.41) is 0.646. The third kappa shape index (κ3) is 2.61. The van der Waals surface area contributed by atoms with E-state index in [0.29, 0.717) is 5.02 Å². The molecule has 0 atom stereocenters. The van der Waals surface area contributed by atoms with Gasteiger partial charge in [-0.3, -0.25) is 4.79 Å². The van der Waals surface area contributed by atoms with Crippen LogP contribution < -0.4 is 11.5 Å². The number of rotatable bonds is 1. The molecule has 0 spiro atoms. The number of nitrogens with two attached hydrogens (primary N) is 2. The molecule has 0 saturated carbocycles. The van der Waals surface area contributed by atoms with Crippen LogP contribution in [0, 0.1) is 0 Å². The van der Waals surface area contributed by atoms with Gasteiger partial charge in [0.25, 0.3) is 5.91 Å². The highest BCUT2D eigenvalue weighted by Crippen LogP contribution is 2.21. The van der Waals surface area contributed by atoms with Crippen molar-refractivity contribution in [3.8, 4) is 0 Å².